The molecule has 0 radical (unpaired) electrons. The first-order valence-corrected chi connectivity index (χ1v) is 6.09. The molecule has 1 aliphatic carbocycles. The Bertz CT molecular complexity index is 714. The van der Waals surface area contributed by atoms with Gasteiger partial charge in [0.15, 0.2) is 0 Å². The third-order valence-corrected chi connectivity index (χ3v) is 3.51. The number of imidazole rings is 1. The Balaban J connectivity index is 1.80. The van der Waals surface area contributed by atoms with Crippen molar-refractivity contribution in [2.45, 2.75) is 19.3 Å². The Kier molecular flexibility index (Phi) is 1.86. The molecule has 0 spiro atoms. The molecule has 0 aromatic carbocycles. The smallest absolute Gasteiger partial charge is 0.230 e. The lowest BCUT2D eigenvalue weighted by Crippen LogP contribution is -1.89. The highest BCUT2D eigenvalue weighted by Gasteiger charge is 2.39. The molecule has 3 heterocycles. The van der Waals surface area contributed by atoms with Gasteiger partial charge in [0, 0.05) is 12.1 Å². The third kappa shape index (κ3) is 1.37. The summed E-state index contributed by atoms with van der Waals surface area (Å²) in [6, 6.07) is 5.87. The van der Waals surface area contributed by atoms with E-state index in [0.29, 0.717) is 17.7 Å². The van der Waals surface area contributed by atoms with E-state index in [0.717, 1.165) is 23.7 Å². The molecular weight excluding hydrogens is 228 g/mol. The molecule has 0 aliphatic heterocycles. The quantitative estimate of drug-likeness (QED) is 0.690. The molecule has 18 heavy (non-hydrogen) atoms. The summed E-state index contributed by atoms with van der Waals surface area (Å²) in [5.41, 5.74) is 1.76. The fraction of sp³-hybridized carbons (Fsp3) is 0.308. The summed E-state index contributed by atoms with van der Waals surface area (Å²) in [6.07, 6.45) is 4.88. The fourth-order valence-electron chi connectivity index (χ4n) is 2.25. The van der Waals surface area contributed by atoms with Crippen molar-refractivity contribution in [2.24, 2.45) is 5.92 Å². The van der Waals surface area contributed by atoms with Crippen molar-refractivity contribution in [1.82, 2.24) is 19.5 Å². The zero-order valence-corrected chi connectivity index (χ0v) is 9.95. The monoisotopic (exact) mass is 240 g/mol. The highest BCUT2D eigenvalue weighted by molar-refractivity contribution is 5.56. The van der Waals surface area contributed by atoms with Gasteiger partial charge in [0.2, 0.25) is 11.7 Å². The first-order valence-electron chi connectivity index (χ1n) is 6.09. The van der Waals surface area contributed by atoms with Gasteiger partial charge in [-0.25, -0.2) is 4.98 Å². The topological polar surface area (TPSA) is 56.2 Å². The molecule has 0 saturated heterocycles. The number of pyridine rings is 1. The van der Waals surface area contributed by atoms with E-state index in [1.807, 2.05) is 28.8 Å². The molecule has 2 atom stereocenters. The number of nitrogens with zero attached hydrogens (tertiary/aromatic N) is 4. The average molecular weight is 240 g/mol. The zero-order valence-electron chi connectivity index (χ0n) is 9.95. The largest absolute Gasteiger partial charge is 0.339 e. The Morgan fingerprint density at radius 3 is 3.11 bits per heavy atom. The minimum absolute atomic E-state index is 0.449. The van der Waals surface area contributed by atoms with Crippen molar-refractivity contribution in [3.8, 4) is 11.5 Å². The van der Waals surface area contributed by atoms with Crippen LogP contribution in [0.15, 0.2) is 35.1 Å². The SMILES string of the molecule is CC1CC1c1nc(-c2cnc3ccccn23)no1. The summed E-state index contributed by atoms with van der Waals surface area (Å²) < 4.78 is 7.29. The summed E-state index contributed by atoms with van der Waals surface area (Å²) >= 11 is 0. The van der Waals surface area contributed by atoms with Crippen molar-refractivity contribution in [1.29, 1.82) is 0 Å². The van der Waals surface area contributed by atoms with Gasteiger partial charge in [0.25, 0.3) is 0 Å². The third-order valence-electron chi connectivity index (χ3n) is 3.51. The first kappa shape index (κ1) is 9.82. The van der Waals surface area contributed by atoms with Crippen molar-refractivity contribution >= 4 is 5.65 Å². The molecule has 5 heteroatoms. The van der Waals surface area contributed by atoms with E-state index in [-0.39, 0.29) is 0 Å². The minimum atomic E-state index is 0.449. The molecule has 4 rings (SSSR count). The fourth-order valence-corrected chi connectivity index (χ4v) is 2.25. The predicted octanol–water partition coefficient (Wildman–Crippen LogP) is 2.51. The Hall–Kier alpha value is -2.17. The average Bonchev–Trinajstić information content (AvgIpc) is 2.85. The molecule has 0 amide bonds. The highest BCUT2D eigenvalue weighted by atomic mass is 16.5. The molecule has 90 valence electrons. The Labute approximate surface area is 103 Å². The molecule has 3 aromatic rings. The number of fused-ring (bicyclic) bond motifs is 1. The molecule has 1 aliphatic rings. The molecule has 3 aromatic heterocycles. The zero-order chi connectivity index (χ0) is 12.1. The number of hydrogen-bond acceptors (Lipinski definition) is 4. The van der Waals surface area contributed by atoms with Crippen LogP contribution >= 0.6 is 0 Å². The van der Waals surface area contributed by atoms with Crippen molar-refractivity contribution in [3.05, 3.63) is 36.5 Å². The first-order chi connectivity index (χ1) is 8.83. The van der Waals surface area contributed by atoms with Gasteiger partial charge in [-0.2, -0.15) is 4.98 Å². The van der Waals surface area contributed by atoms with Crippen molar-refractivity contribution in [3.63, 3.8) is 0 Å². The van der Waals surface area contributed by atoms with Crippen LogP contribution in [0, 0.1) is 5.92 Å². The van der Waals surface area contributed by atoms with Gasteiger partial charge in [0.05, 0.1) is 6.20 Å². The second-order valence-electron chi connectivity index (χ2n) is 4.85. The second kappa shape index (κ2) is 3.41. The standard InChI is InChI=1S/C13H12N4O/c1-8-6-9(8)13-15-12(16-18-13)10-7-14-11-4-2-3-5-17(10)11/h2-5,7-9H,6H2,1H3. The summed E-state index contributed by atoms with van der Waals surface area (Å²) in [6.45, 7) is 2.20. The van der Waals surface area contributed by atoms with Crippen LogP contribution in [0.4, 0.5) is 0 Å². The van der Waals surface area contributed by atoms with E-state index in [4.69, 9.17) is 4.52 Å². The maximum absolute atomic E-state index is 5.33. The van der Waals surface area contributed by atoms with Crippen LogP contribution < -0.4 is 0 Å². The van der Waals surface area contributed by atoms with E-state index in [1.165, 1.54) is 0 Å². The predicted molar refractivity (Wildman–Crippen MR) is 65.0 cm³/mol. The molecule has 0 bridgehead atoms. The van der Waals surface area contributed by atoms with E-state index in [1.54, 1.807) is 6.20 Å². The molecule has 0 N–H and O–H groups in total. The van der Waals surface area contributed by atoms with E-state index >= 15 is 0 Å². The second-order valence-corrected chi connectivity index (χ2v) is 4.85. The number of aromatic nitrogens is 4. The van der Waals surface area contributed by atoms with Crippen LogP contribution in [0.3, 0.4) is 0 Å². The van der Waals surface area contributed by atoms with E-state index < -0.39 is 0 Å². The molecule has 1 fully saturated rings. The molecule has 5 nitrogen and oxygen atoms in total. The summed E-state index contributed by atoms with van der Waals surface area (Å²) in [5, 5.41) is 4.06. The van der Waals surface area contributed by atoms with Gasteiger partial charge in [-0.05, 0) is 24.5 Å². The van der Waals surface area contributed by atoms with Gasteiger partial charge in [-0.1, -0.05) is 18.1 Å². The molecular formula is C13H12N4O. The lowest BCUT2D eigenvalue weighted by atomic mass is 10.3. The normalized spacial score (nSPS) is 22.5. The van der Waals surface area contributed by atoms with Crippen LogP contribution in [0.2, 0.25) is 0 Å². The van der Waals surface area contributed by atoms with Gasteiger partial charge in [-0.3, -0.25) is 4.40 Å². The Morgan fingerprint density at radius 1 is 1.39 bits per heavy atom. The lowest BCUT2D eigenvalue weighted by molar-refractivity contribution is 0.376. The summed E-state index contributed by atoms with van der Waals surface area (Å²) in [5.74, 6) is 2.48. The van der Waals surface area contributed by atoms with Crippen molar-refractivity contribution in [2.75, 3.05) is 0 Å². The van der Waals surface area contributed by atoms with Crippen LogP contribution in [-0.2, 0) is 0 Å². The van der Waals surface area contributed by atoms with E-state index in [2.05, 4.69) is 22.0 Å². The Morgan fingerprint density at radius 2 is 2.28 bits per heavy atom. The van der Waals surface area contributed by atoms with Crippen LogP contribution in [0.1, 0.15) is 25.2 Å². The van der Waals surface area contributed by atoms with Crippen LogP contribution in [0.25, 0.3) is 17.2 Å². The van der Waals surface area contributed by atoms with E-state index in [9.17, 15) is 0 Å². The van der Waals surface area contributed by atoms with Gasteiger partial charge >= 0.3 is 0 Å². The maximum Gasteiger partial charge on any atom is 0.230 e. The summed E-state index contributed by atoms with van der Waals surface area (Å²) in [4.78, 5) is 8.80. The number of hydrogen-bond donors (Lipinski definition) is 0. The summed E-state index contributed by atoms with van der Waals surface area (Å²) in [7, 11) is 0. The van der Waals surface area contributed by atoms with Gasteiger partial charge in [-0.15, -0.1) is 0 Å². The minimum Gasteiger partial charge on any atom is -0.339 e. The van der Waals surface area contributed by atoms with Gasteiger partial charge < -0.3 is 4.52 Å². The maximum atomic E-state index is 5.33. The highest BCUT2D eigenvalue weighted by Crippen LogP contribution is 2.46. The van der Waals surface area contributed by atoms with Crippen LogP contribution in [-0.4, -0.2) is 19.5 Å². The van der Waals surface area contributed by atoms with Crippen LogP contribution in [0.5, 0.6) is 0 Å². The van der Waals surface area contributed by atoms with Crippen molar-refractivity contribution < 1.29 is 4.52 Å². The lowest BCUT2D eigenvalue weighted by Gasteiger charge is -1.94. The molecule has 1 saturated carbocycles. The molecule has 2 unspecified atom stereocenters. The van der Waals surface area contributed by atoms with Gasteiger partial charge in [0.1, 0.15) is 11.3 Å². The number of rotatable bonds is 2.